The molecule has 8 heteroatoms. The number of hydrogen-bond acceptors (Lipinski definition) is 6. The first kappa shape index (κ1) is 12.7. The summed E-state index contributed by atoms with van der Waals surface area (Å²) in [6.45, 7) is -0.992. The van der Waals surface area contributed by atoms with Crippen LogP contribution >= 0.6 is 0 Å². The van der Waals surface area contributed by atoms with Crippen LogP contribution in [-0.2, 0) is 10.4 Å². The summed E-state index contributed by atoms with van der Waals surface area (Å²) in [5, 5.41) is 30.4. The molecule has 0 aliphatic heterocycles. The van der Waals surface area contributed by atoms with Gasteiger partial charge < -0.3 is 5.11 Å². The molecule has 0 heterocycles. The molecule has 1 aromatic rings. The third-order valence-corrected chi connectivity index (χ3v) is 2.14. The summed E-state index contributed by atoms with van der Waals surface area (Å²) >= 11 is 0. The molecule has 1 rings (SSSR count). The first-order valence-electron chi connectivity index (χ1n) is 4.44. The molecule has 0 fully saturated rings. The Kier molecular flexibility index (Phi) is 3.49. The number of carbonyl (C=O) groups is 1. The van der Waals surface area contributed by atoms with Gasteiger partial charge >= 0.3 is 0 Å². The Morgan fingerprint density at radius 1 is 1.24 bits per heavy atom. The molecular formula is C9H8N2O6. The molecule has 0 bridgehead atoms. The van der Waals surface area contributed by atoms with Crippen LogP contribution in [0.5, 0.6) is 0 Å². The number of aliphatic hydroxyl groups is 1. The summed E-state index contributed by atoms with van der Waals surface area (Å²) in [5.41, 5.74) is -2.56. The molecule has 0 saturated carbocycles. The lowest BCUT2D eigenvalue weighted by Gasteiger charge is -2.16. The number of benzene rings is 1. The van der Waals surface area contributed by atoms with Crippen LogP contribution in [-0.4, -0.2) is 27.8 Å². The summed E-state index contributed by atoms with van der Waals surface area (Å²) in [7, 11) is 0. The summed E-state index contributed by atoms with van der Waals surface area (Å²) in [6, 6.07) is 4.33. The molecule has 17 heavy (non-hydrogen) atoms. The summed E-state index contributed by atoms with van der Waals surface area (Å²) < 4.78 is 0. The largest absolute Gasteiger partial charge is 0.372 e. The van der Waals surface area contributed by atoms with E-state index in [1.807, 2.05) is 0 Å². The molecular weight excluding hydrogens is 232 g/mol. The van der Waals surface area contributed by atoms with Crippen molar-refractivity contribution in [1.82, 2.24) is 0 Å². The average molecular weight is 240 g/mol. The van der Waals surface area contributed by atoms with Crippen LogP contribution in [0, 0.1) is 20.2 Å². The maximum Gasteiger partial charge on any atom is 0.269 e. The van der Waals surface area contributed by atoms with Gasteiger partial charge in [-0.3, -0.25) is 25.0 Å². The van der Waals surface area contributed by atoms with Gasteiger partial charge in [0.25, 0.3) is 5.69 Å². The van der Waals surface area contributed by atoms with Crippen molar-refractivity contribution in [1.29, 1.82) is 0 Å². The number of nitro groups is 2. The normalized spacial score (nSPS) is 13.7. The van der Waals surface area contributed by atoms with Crippen LogP contribution in [0.3, 0.4) is 0 Å². The van der Waals surface area contributed by atoms with Crippen molar-refractivity contribution >= 4 is 12.0 Å². The van der Waals surface area contributed by atoms with Crippen LogP contribution < -0.4 is 0 Å². The van der Waals surface area contributed by atoms with Crippen LogP contribution in [0.2, 0.25) is 0 Å². The minimum absolute atomic E-state index is 0.0387. The molecule has 8 nitrogen and oxygen atoms in total. The van der Waals surface area contributed by atoms with E-state index < -0.39 is 22.0 Å². The van der Waals surface area contributed by atoms with E-state index in [4.69, 9.17) is 0 Å². The number of non-ortho nitro benzene ring substituents is 1. The molecule has 0 aliphatic rings. The van der Waals surface area contributed by atoms with E-state index >= 15 is 0 Å². The van der Waals surface area contributed by atoms with Gasteiger partial charge in [-0.15, -0.1) is 0 Å². The Morgan fingerprint density at radius 2 is 1.76 bits per heavy atom. The SMILES string of the molecule is O=C[C@@](O)(C[N+](=O)[O-])c1ccc([N+](=O)[O-])cc1. The molecule has 1 N–H and O–H groups in total. The standard InChI is InChI=1S/C9H8N2O6/c12-6-9(13,5-10(14)15)7-1-3-8(4-2-7)11(16)17/h1-4,6,13H,5H2/t9-/m0/s1. The lowest BCUT2D eigenvalue weighted by molar-refractivity contribution is -0.497. The van der Waals surface area contributed by atoms with Crippen molar-refractivity contribution in [3.8, 4) is 0 Å². The Balaban J connectivity index is 3.08. The number of nitro benzene ring substituents is 1. The zero-order valence-corrected chi connectivity index (χ0v) is 8.48. The first-order chi connectivity index (χ1) is 7.89. The zero-order chi connectivity index (χ0) is 13.1. The molecule has 0 spiro atoms. The molecule has 0 aromatic heterocycles. The summed E-state index contributed by atoms with van der Waals surface area (Å²) in [4.78, 5) is 29.9. The minimum Gasteiger partial charge on any atom is -0.372 e. The fraction of sp³-hybridized carbons (Fsp3) is 0.222. The fourth-order valence-corrected chi connectivity index (χ4v) is 1.27. The Hall–Kier alpha value is -2.35. The van der Waals surface area contributed by atoms with Crippen LogP contribution in [0.4, 0.5) is 5.69 Å². The minimum atomic E-state index is -2.27. The topological polar surface area (TPSA) is 124 Å². The van der Waals surface area contributed by atoms with Gasteiger partial charge in [0.05, 0.1) is 4.92 Å². The predicted octanol–water partition coefficient (Wildman–Crippen LogP) is 0.258. The second-order valence-electron chi connectivity index (χ2n) is 3.34. The summed E-state index contributed by atoms with van der Waals surface area (Å²) in [5.74, 6) is 0. The highest BCUT2D eigenvalue weighted by Gasteiger charge is 2.35. The predicted molar refractivity (Wildman–Crippen MR) is 54.9 cm³/mol. The van der Waals surface area contributed by atoms with Gasteiger partial charge in [0.2, 0.25) is 12.1 Å². The molecule has 0 unspecified atom stereocenters. The third kappa shape index (κ3) is 2.82. The van der Waals surface area contributed by atoms with Crippen LogP contribution in [0.1, 0.15) is 5.56 Å². The number of hydrogen-bond donors (Lipinski definition) is 1. The van der Waals surface area contributed by atoms with Gasteiger partial charge in [-0.25, -0.2) is 0 Å². The number of carbonyl (C=O) groups excluding carboxylic acids is 1. The van der Waals surface area contributed by atoms with Crippen LogP contribution in [0.25, 0.3) is 0 Å². The van der Waals surface area contributed by atoms with E-state index in [9.17, 15) is 30.1 Å². The third-order valence-electron chi connectivity index (χ3n) is 2.14. The number of nitrogens with zero attached hydrogens (tertiary/aromatic N) is 2. The van der Waals surface area contributed by atoms with E-state index in [-0.39, 0.29) is 17.5 Å². The quantitative estimate of drug-likeness (QED) is 0.447. The molecule has 0 aliphatic carbocycles. The maximum atomic E-state index is 10.7. The average Bonchev–Trinajstić information content (AvgIpc) is 2.28. The zero-order valence-electron chi connectivity index (χ0n) is 8.48. The van der Waals surface area contributed by atoms with Gasteiger partial charge in [-0.1, -0.05) is 0 Å². The number of aldehydes is 1. The molecule has 90 valence electrons. The molecule has 0 saturated heterocycles. The lowest BCUT2D eigenvalue weighted by Crippen LogP contribution is -2.35. The Bertz CT molecular complexity index is 457. The highest BCUT2D eigenvalue weighted by molar-refractivity contribution is 5.66. The van der Waals surface area contributed by atoms with E-state index in [1.54, 1.807) is 0 Å². The van der Waals surface area contributed by atoms with Crippen molar-refractivity contribution in [3.05, 3.63) is 50.1 Å². The van der Waals surface area contributed by atoms with Crippen molar-refractivity contribution in [3.63, 3.8) is 0 Å². The van der Waals surface area contributed by atoms with Crippen LogP contribution in [0.15, 0.2) is 24.3 Å². The van der Waals surface area contributed by atoms with E-state index in [0.717, 1.165) is 24.3 Å². The van der Waals surface area contributed by atoms with Crippen molar-refractivity contribution in [2.75, 3.05) is 6.54 Å². The van der Waals surface area contributed by atoms with E-state index in [2.05, 4.69) is 0 Å². The van der Waals surface area contributed by atoms with Crippen molar-refractivity contribution < 1.29 is 19.7 Å². The van der Waals surface area contributed by atoms with Gasteiger partial charge in [0.1, 0.15) is 0 Å². The number of rotatable bonds is 5. The first-order valence-corrected chi connectivity index (χ1v) is 4.44. The van der Waals surface area contributed by atoms with Gasteiger partial charge in [-0.2, -0.15) is 0 Å². The van der Waals surface area contributed by atoms with Gasteiger partial charge in [0, 0.05) is 17.1 Å². The van der Waals surface area contributed by atoms with Gasteiger partial charge in [0.15, 0.2) is 6.29 Å². The highest BCUT2D eigenvalue weighted by Crippen LogP contribution is 2.22. The second-order valence-corrected chi connectivity index (χ2v) is 3.34. The monoisotopic (exact) mass is 240 g/mol. The molecule has 1 atom stereocenters. The molecule has 1 aromatic carbocycles. The Morgan fingerprint density at radius 3 is 2.12 bits per heavy atom. The molecule has 0 radical (unpaired) electrons. The van der Waals surface area contributed by atoms with Gasteiger partial charge in [-0.05, 0) is 17.7 Å². The smallest absolute Gasteiger partial charge is 0.269 e. The fourth-order valence-electron chi connectivity index (χ4n) is 1.27. The second kappa shape index (κ2) is 4.66. The maximum absolute atomic E-state index is 10.7. The van der Waals surface area contributed by atoms with Crippen molar-refractivity contribution in [2.24, 2.45) is 0 Å². The van der Waals surface area contributed by atoms with E-state index in [1.165, 1.54) is 0 Å². The van der Waals surface area contributed by atoms with E-state index in [0.29, 0.717) is 0 Å². The lowest BCUT2D eigenvalue weighted by atomic mass is 9.95. The highest BCUT2D eigenvalue weighted by atomic mass is 16.6. The van der Waals surface area contributed by atoms with Crippen molar-refractivity contribution in [2.45, 2.75) is 5.60 Å². The Labute approximate surface area is 94.8 Å². The summed E-state index contributed by atoms with van der Waals surface area (Å²) in [6.07, 6.45) is 0.0387. The molecule has 0 amide bonds.